The van der Waals surface area contributed by atoms with Gasteiger partial charge < -0.3 is 19.0 Å². The third-order valence-corrected chi connectivity index (χ3v) is 4.54. The maximum atomic E-state index is 12.4. The summed E-state index contributed by atoms with van der Waals surface area (Å²) in [7, 11) is 3.52. The maximum absolute atomic E-state index is 12.4. The second kappa shape index (κ2) is 7.78. The molecule has 0 bridgehead atoms. The molecule has 1 aromatic heterocycles. The number of hydrogen-bond donors (Lipinski definition) is 0. The number of amides is 2. The number of ether oxygens (including phenoxy) is 1. The van der Waals surface area contributed by atoms with E-state index in [0.717, 1.165) is 18.5 Å². The zero-order valence-corrected chi connectivity index (χ0v) is 15.5. The number of esters is 1. The summed E-state index contributed by atoms with van der Waals surface area (Å²) in [6.07, 6.45) is 0. The van der Waals surface area contributed by atoms with Gasteiger partial charge in [-0.25, -0.2) is 9.59 Å². The van der Waals surface area contributed by atoms with Crippen molar-refractivity contribution in [2.75, 3.05) is 46.9 Å². The predicted octanol–water partition coefficient (Wildman–Crippen LogP) is 2.41. The third kappa shape index (κ3) is 3.67. The molecule has 0 radical (unpaired) electrons. The van der Waals surface area contributed by atoms with Crippen molar-refractivity contribution in [2.24, 2.45) is 0 Å². The molecule has 0 unspecified atom stereocenters. The third-order valence-electron chi connectivity index (χ3n) is 4.54. The van der Waals surface area contributed by atoms with E-state index in [4.69, 9.17) is 9.15 Å². The van der Waals surface area contributed by atoms with E-state index in [1.165, 1.54) is 0 Å². The molecule has 0 spiro atoms. The lowest BCUT2D eigenvalue weighted by atomic mass is 10.1. The Bertz CT molecular complexity index is 791. The van der Waals surface area contributed by atoms with E-state index in [0.29, 0.717) is 43.1 Å². The van der Waals surface area contributed by atoms with E-state index in [1.54, 1.807) is 25.9 Å². The Morgan fingerprint density at radius 3 is 2.50 bits per heavy atom. The predicted molar refractivity (Wildman–Crippen MR) is 98.1 cm³/mol. The van der Waals surface area contributed by atoms with Crippen molar-refractivity contribution in [3.63, 3.8) is 0 Å². The molecular formula is C19H25N3O4. The fourth-order valence-electron chi connectivity index (χ4n) is 3.22. The molecule has 2 heterocycles. The lowest BCUT2D eigenvalue weighted by molar-refractivity contribution is 0.0523. The number of carbonyl (C=O) groups excluding carboxylic acids is 2. The van der Waals surface area contributed by atoms with Gasteiger partial charge in [0.25, 0.3) is 0 Å². The quantitative estimate of drug-likeness (QED) is 0.785. The Balaban J connectivity index is 1.76. The van der Waals surface area contributed by atoms with E-state index in [9.17, 15) is 9.59 Å². The van der Waals surface area contributed by atoms with Crippen molar-refractivity contribution in [1.29, 1.82) is 0 Å². The molecule has 1 aromatic carbocycles. The van der Waals surface area contributed by atoms with Gasteiger partial charge in [0.2, 0.25) is 0 Å². The van der Waals surface area contributed by atoms with E-state index < -0.39 is 0 Å². The summed E-state index contributed by atoms with van der Waals surface area (Å²) >= 11 is 0. The van der Waals surface area contributed by atoms with Gasteiger partial charge in [0.05, 0.1) is 13.2 Å². The number of fused-ring (bicyclic) bond motifs is 1. The van der Waals surface area contributed by atoms with E-state index in [2.05, 4.69) is 4.90 Å². The fourth-order valence-corrected chi connectivity index (χ4v) is 3.22. The average molecular weight is 359 g/mol. The van der Waals surface area contributed by atoms with Gasteiger partial charge in [-0.2, -0.15) is 0 Å². The summed E-state index contributed by atoms with van der Waals surface area (Å²) < 4.78 is 11.2. The van der Waals surface area contributed by atoms with Crippen LogP contribution in [0.15, 0.2) is 28.7 Å². The number of furan rings is 1. The van der Waals surface area contributed by atoms with Gasteiger partial charge >= 0.3 is 12.0 Å². The Kier molecular flexibility index (Phi) is 5.46. The summed E-state index contributed by atoms with van der Waals surface area (Å²) in [5, 5.41) is 0.780. The Labute approximate surface area is 153 Å². The van der Waals surface area contributed by atoms with E-state index in [-0.39, 0.29) is 12.0 Å². The Morgan fingerprint density at radius 2 is 1.85 bits per heavy atom. The monoisotopic (exact) mass is 359 g/mol. The average Bonchev–Trinajstić information content (AvgIpc) is 2.99. The molecule has 140 valence electrons. The highest BCUT2D eigenvalue weighted by molar-refractivity contribution is 6.04. The molecule has 7 nitrogen and oxygen atoms in total. The van der Waals surface area contributed by atoms with Crippen LogP contribution in [0.3, 0.4) is 0 Å². The molecule has 3 rings (SSSR count). The molecule has 2 aromatic rings. The molecule has 7 heteroatoms. The van der Waals surface area contributed by atoms with Gasteiger partial charge in [-0.15, -0.1) is 0 Å². The summed E-state index contributed by atoms with van der Waals surface area (Å²) in [5.74, 6) is 0.269. The van der Waals surface area contributed by atoms with Crippen LogP contribution in [0, 0.1) is 0 Å². The second-order valence-electron chi connectivity index (χ2n) is 6.56. The molecule has 1 aliphatic rings. The van der Waals surface area contributed by atoms with E-state index in [1.807, 2.05) is 29.2 Å². The zero-order chi connectivity index (χ0) is 18.7. The van der Waals surface area contributed by atoms with E-state index >= 15 is 0 Å². The van der Waals surface area contributed by atoms with Crippen molar-refractivity contribution >= 4 is 23.0 Å². The van der Waals surface area contributed by atoms with Crippen LogP contribution in [-0.2, 0) is 11.3 Å². The van der Waals surface area contributed by atoms with Gasteiger partial charge in [0.15, 0.2) is 0 Å². The van der Waals surface area contributed by atoms with Crippen LogP contribution in [0.5, 0.6) is 0 Å². The first-order valence-corrected chi connectivity index (χ1v) is 8.87. The highest BCUT2D eigenvalue weighted by atomic mass is 16.5. The Morgan fingerprint density at radius 1 is 1.15 bits per heavy atom. The molecule has 0 saturated carbocycles. The fraction of sp³-hybridized carbons (Fsp3) is 0.474. The minimum atomic E-state index is -0.353. The molecule has 0 atom stereocenters. The first-order chi connectivity index (χ1) is 12.5. The minimum Gasteiger partial charge on any atom is -0.462 e. The highest BCUT2D eigenvalue weighted by Gasteiger charge is 2.26. The molecule has 0 N–H and O–H groups in total. The summed E-state index contributed by atoms with van der Waals surface area (Å²) in [5.41, 5.74) is 1.20. The second-order valence-corrected chi connectivity index (χ2v) is 6.56. The summed E-state index contributed by atoms with van der Waals surface area (Å²) in [6.45, 7) is 5.42. The molecule has 1 aliphatic heterocycles. The molecule has 0 aliphatic carbocycles. The van der Waals surface area contributed by atoms with Crippen molar-refractivity contribution in [1.82, 2.24) is 14.7 Å². The largest absolute Gasteiger partial charge is 0.462 e. The van der Waals surface area contributed by atoms with Crippen LogP contribution in [-0.4, -0.2) is 73.6 Å². The number of carbonyl (C=O) groups is 2. The maximum Gasteiger partial charge on any atom is 0.342 e. The van der Waals surface area contributed by atoms with Crippen LogP contribution < -0.4 is 0 Å². The SMILES string of the molecule is CCOC(=O)c1c(CN2CCN(C(=O)N(C)C)CC2)oc2ccccc12. The smallest absolute Gasteiger partial charge is 0.342 e. The van der Waals surface area contributed by atoms with Gasteiger partial charge in [-0.3, -0.25) is 4.90 Å². The lowest BCUT2D eigenvalue weighted by Crippen LogP contribution is -2.51. The number of benzene rings is 1. The molecule has 1 fully saturated rings. The van der Waals surface area contributed by atoms with Gasteiger partial charge in [-0.05, 0) is 13.0 Å². The van der Waals surface area contributed by atoms with Crippen molar-refractivity contribution in [3.8, 4) is 0 Å². The number of nitrogens with zero attached hydrogens (tertiary/aromatic N) is 3. The number of rotatable bonds is 4. The molecule has 1 saturated heterocycles. The molecule has 2 amide bonds. The Hall–Kier alpha value is -2.54. The van der Waals surface area contributed by atoms with Gasteiger partial charge in [0.1, 0.15) is 16.9 Å². The normalized spacial score (nSPS) is 15.3. The van der Waals surface area contributed by atoms with Crippen molar-refractivity contribution < 1.29 is 18.7 Å². The number of urea groups is 1. The first-order valence-electron chi connectivity index (χ1n) is 8.87. The van der Waals surface area contributed by atoms with Crippen LogP contribution in [0.4, 0.5) is 4.79 Å². The minimum absolute atomic E-state index is 0.0283. The number of piperazine rings is 1. The van der Waals surface area contributed by atoms with Crippen molar-refractivity contribution in [3.05, 3.63) is 35.6 Å². The topological polar surface area (TPSA) is 66.2 Å². The van der Waals surface area contributed by atoms with Crippen LogP contribution in [0.25, 0.3) is 11.0 Å². The first kappa shape index (κ1) is 18.3. The van der Waals surface area contributed by atoms with Crippen molar-refractivity contribution in [2.45, 2.75) is 13.5 Å². The highest BCUT2D eigenvalue weighted by Crippen LogP contribution is 2.28. The van der Waals surface area contributed by atoms with Crippen LogP contribution in [0.1, 0.15) is 23.0 Å². The summed E-state index contributed by atoms with van der Waals surface area (Å²) in [6, 6.07) is 7.53. The summed E-state index contributed by atoms with van der Waals surface area (Å²) in [4.78, 5) is 30.1. The molecular weight excluding hydrogens is 334 g/mol. The number of hydrogen-bond acceptors (Lipinski definition) is 5. The molecule has 26 heavy (non-hydrogen) atoms. The van der Waals surface area contributed by atoms with Gasteiger partial charge in [0, 0.05) is 45.7 Å². The van der Waals surface area contributed by atoms with Crippen LogP contribution in [0.2, 0.25) is 0 Å². The zero-order valence-electron chi connectivity index (χ0n) is 15.5. The van der Waals surface area contributed by atoms with Crippen LogP contribution >= 0.6 is 0 Å². The standard InChI is InChI=1S/C19H25N3O4/c1-4-25-18(23)17-14-7-5-6-8-15(14)26-16(17)13-21-9-11-22(12-10-21)19(24)20(2)3/h5-8H,4,9-13H2,1-3H3. The number of para-hydroxylation sites is 1. The van der Waals surface area contributed by atoms with Gasteiger partial charge in [-0.1, -0.05) is 18.2 Å². The lowest BCUT2D eigenvalue weighted by Gasteiger charge is -2.35.